The highest BCUT2D eigenvalue weighted by Crippen LogP contribution is 2.38. The smallest absolute Gasteiger partial charge is 0.329 e. The molecule has 3 aliphatic heterocycles. The lowest BCUT2D eigenvalue weighted by Crippen LogP contribution is -2.61. The average Bonchev–Trinajstić information content (AvgIpc) is 3.32. The summed E-state index contributed by atoms with van der Waals surface area (Å²) in [6, 6.07) is -1.22. The third-order valence-electron chi connectivity index (χ3n) is 14.7. The van der Waals surface area contributed by atoms with E-state index in [9.17, 15) is 39.3 Å². The van der Waals surface area contributed by atoms with Gasteiger partial charge >= 0.3 is 5.97 Å². The molecular weight excluding hydrogens is 875 g/mol. The fourth-order valence-electron chi connectivity index (χ4n) is 10.3. The largest absolute Gasteiger partial charge is 0.460 e. The van der Waals surface area contributed by atoms with Gasteiger partial charge in [0.15, 0.2) is 5.78 Å². The first-order chi connectivity index (χ1) is 33.7. The van der Waals surface area contributed by atoms with Gasteiger partial charge in [0.2, 0.25) is 5.79 Å². The van der Waals surface area contributed by atoms with E-state index in [0.717, 1.165) is 10.5 Å². The van der Waals surface area contributed by atoms with E-state index < -0.39 is 121 Å². The predicted molar refractivity (Wildman–Crippen MR) is 256 cm³/mol. The summed E-state index contributed by atoms with van der Waals surface area (Å²) in [5.74, 6) is -9.44. The van der Waals surface area contributed by atoms with Crippen molar-refractivity contribution in [2.24, 2.45) is 35.5 Å². The van der Waals surface area contributed by atoms with Gasteiger partial charge in [0.25, 0.3) is 11.7 Å². The third kappa shape index (κ3) is 15.3. The SMILES string of the molecule is [2H]C([2H])(O)C([2H])([2H])O[C@@H]1/C(C)=C/[C@@H](C)C(=O)C[C@@H]([C@H](C)C[C@@H]2CC[C@@H](O)[C@H](OC)C2)OC(=O)[C@@H]2CCCCN2C(=O)C(=O)[C@]2(O)O[C@@H](CC[C@H]2C)C[C@H](OC)/C(C)=C/C=C/C=C/[C@@H](C)C[C@@H](C)C(=O)[C@@H]1OC. The van der Waals surface area contributed by atoms with Crippen LogP contribution in [0.2, 0.25) is 0 Å². The fourth-order valence-corrected chi connectivity index (χ4v) is 10.3. The van der Waals surface area contributed by atoms with Crippen molar-refractivity contribution in [3.63, 3.8) is 0 Å². The van der Waals surface area contributed by atoms with Gasteiger partial charge in [0.1, 0.15) is 30.1 Å². The Morgan fingerprint density at radius 1 is 0.882 bits per heavy atom. The molecular formula is C53H83NO14. The summed E-state index contributed by atoms with van der Waals surface area (Å²) < 4.78 is 67.4. The Labute approximate surface area is 410 Å². The van der Waals surface area contributed by atoms with E-state index in [-0.39, 0.29) is 43.2 Å². The Bertz CT molecular complexity index is 1990. The molecule has 15 heteroatoms. The van der Waals surface area contributed by atoms with Crippen molar-refractivity contribution in [3.8, 4) is 0 Å². The van der Waals surface area contributed by atoms with Gasteiger partial charge in [-0.25, -0.2) is 4.79 Å². The number of nitrogens with zero attached hydrogens (tertiary/aromatic N) is 1. The summed E-state index contributed by atoms with van der Waals surface area (Å²) >= 11 is 0. The minimum Gasteiger partial charge on any atom is -0.460 e. The zero-order valence-electron chi connectivity index (χ0n) is 46.0. The second kappa shape index (κ2) is 27.3. The second-order valence-electron chi connectivity index (χ2n) is 19.9. The maximum Gasteiger partial charge on any atom is 0.329 e. The number of allylic oxidation sites excluding steroid dienone is 6. The van der Waals surface area contributed by atoms with Crippen molar-refractivity contribution in [1.29, 1.82) is 0 Å². The Hall–Kier alpha value is -3.41. The number of esters is 1. The number of ether oxygens (including phenoxy) is 6. The number of Topliss-reactive ketones (excluding diaryl/α,β-unsaturated/α-hetero) is 3. The molecule has 0 unspecified atom stereocenters. The van der Waals surface area contributed by atoms with Gasteiger partial charge < -0.3 is 48.6 Å². The Kier molecular flexibility index (Phi) is 20.4. The molecule has 3 fully saturated rings. The van der Waals surface area contributed by atoms with Gasteiger partial charge in [-0.05, 0) is 107 Å². The lowest BCUT2D eigenvalue weighted by atomic mass is 9.78. The van der Waals surface area contributed by atoms with E-state index in [1.165, 1.54) is 27.2 Å². The molecule has 15 nitrogen and oxygen atoms in total. The second-order valence-corrected chi connectivity index (χ2v) is 19.9. The number of fused-ring (bicyclic) bond motifs is 3. The minimum atomic E-state index is -3.51. The minimum absolute atomic E-state index is 0.0292. The fraction of sp³-hybridized carbons (Fsp3) is 0.755. The van der Waals surface area contributed by atoms with Crippen LogP contribution in [-0.2, 0) is 52.4 Å². The number of carbonyl (C=O) groups excluding carboxylic acids is 5. The molecule has 1 saturated carbocycles. The topological polar surface area (TPSA) is 205 Å². The van der Waals surface area contributed by atoms with Crippen LogP contribution in [0.15, 0.2) is 47.6 Å². The Morgan fingerprint density at radius 3 is 2.29 bits per heavy atom. The van der Waals surface area contributed by atoms with Crippen LogP contribution in [0.4, 0.5) is 0 Å². The molecule has 0 aromatic rings. The van der Waals surface area contributed by atoms with Gasteiger partial charge in [-0.2, -0.15) is 0 Å². The molecule has 0 radical (unpaired) electrons. The first-order valence-corrected chi connectivity index (χ1v) is 24.6. The van der Waals surface area contributed by atoms with Gasteiger partial charge in [-0.15, -0.1) is 0 Å². The molecule has 1 aliphatic carbocycles. The average molecular weight is 962 g/mol. The molecule has 3 N–H and O–H groups in total. The highest BCUT2D eigenvalue weighted by Gasteiger charge is 2.53. The number of aliphatic hydroxyl groups is 3. The van der Waals surface area contributed by atoms with E-state index in [2.05, 4.69) is 0 Å². The zero-order chi connectivity index (χ0) is 53.9. The Balaban J connectivity index is 1.80. The lowest BCUT2D eigenvalue weighted by Gasteiger charge is -2.42. The summed E-state index contributed by atoms with van der Waals surface area (Å²) in [5.41, 5.74) is 0.961. The summed E-state index contributed by atoms with van der Waals surface area (Å²) in [6.07, 6.45) is 8.80. The first kappa shape index (κ1) is 51.0. The number of methoxy groups -OCH3 is 3. The molecule has 0 aromatic heterocycles. The van der Waals surface area contributed by atoms with E-state index in [1.54, 1.807) is 27.9 Å². The summed E-state index contributed by atoms with van der Waals surface area (Å²) in [5, 5.41) is 32.7. The third-order valence-corrected chi connectivity index (χ3v) is 14.7. The predicted octanol–water partition coefficient (Wildman–Crippen LogP) is 6.20. The number of hydrogen-bond donors (Lipinski definition) is 3. The molecule has 15 atom stereocenters. The summed E-state index contributed by atoms with van der Waals surface area (Å²) in [6.45, 7) is 5.20. The number of piperidine rings is 1. The maximum absolute atomic E-state index is 14.5. The number of carbonyl (C=O) groups is 5. The van der Waals surface area contributed by atoms with Crippen molar-refractivity contribution >= 4 is 29.2 Å². The van der Waals surface area contributed by atoms with Crippen LogP contribution in [0.5, 0.6) is 0 Å². The summed E-state index contributed by atoms with van der Waals surface area (Å²) in [7, 11) is 4.31. The van der Waals surface area contributed by atoms with Crippen LogP contribution in [0, 0.1) is 35.5 Å². The maximum atomic E-state index is 14.5. The number of aliphatic hydroxyl groups excluding tert-OH is 1. The van der Waals surface area contributed by atoms with Crippen molar-refractivity contribution in [3.05, 3.63) is 47.6 Å². The number of ketones is 3. The summed E-state index contributed by atoms with van der Waals surface area (Å²) in [4.78, 5) is 72.9. The molecule has 0 spiro atoms. The van der Waals surface area contributed by atoms with Crippen molar-refractivity contribution in [2.75, 3.05) is 41.0 Å². The number of amides is 1. The van der Waals surface area contributed by atoms with Crippen LogP contribution < -0.4 is 0 Å². The van der Waals surface area contributed by atoms with Gasteiger partial charge in [0, 0.05) is 58.5 Å². The monoisotopic (exact) mass is 962 g/mol. The normalized spacial score (nSPS) is 40.5. The van der Waals surface area contributed by atoms with Crippen LogP contribution in [0.25, 0.3) is 0 Å². The van der Waals surface area contributed by atoms with Crippen LogP contribution in [-0.4, -0.2) is 145 Å². The van der Waals surface area contributed by atoms with E-state index in [4.69, 9.17) is 33.9 Å². The molecule has 4 aliphatic rings. The van der Waals surface area contributed by atoms with Crippen molar-refractivity contribution in [2.45, 2.75) is 180 Å². The van der Waals surface area contributed by atoms with Crippen LogP contribution >= 0.6 is 0 Å². The molecule has 1 amide bonds. The van der Waals surface area contributed by atoms with E-state index in [0.29, 0.717) is 57.8 Å². The quantitative estimate of drug-likeness (QED) is 0.134. The van der Waals surface area contributed by atoms with Crippen molar-refractivity contribution in [1.82, 2.24) is 4.90 Å². The molecule has 0 aromatic carbocycles. The first-order valence-electron chi connectivity index (χ1n) is 26.6. The number of hydrogen-bond acceptors (Lipinski definition) is 14. The van der Waals surface area contributed by atoms with Gasteiger partial charge in [-0.3, -0.25) is 19.2 Å². The van der Waals surface area contributed by atoms with Crippen LogP contribution in [0.3, 0.4) is 0 Å². The number of rotatable bonds is 9. The van der Waals surface area contributed by atoms with E-state index in [1.807, 2.05) is 51.2 Å². The van der Waals surface area contributed by atoms with E-state index >= 15 is 0 Å². The van der Waals surface area contributed by atoms with Crippen LogP contribution in [0.1, 0.15) is 131 Å². The van der Waals surface area contributed by atoms with Gasteiger partial charge in [-0.1, -0.05) is 71.1 Å². The zero-order valence-corrected chi connectivity index (χ0v) is 42.0. The Morgan fingerprint density at radius 2 is 1.62 bits per heavy atom. The molecule has 2 saturated heterocycles. The highest BCUT2D eigenvalue weighted by atomic mass is 16.6. The molecule has 2 bridgehead atoms. The van der Waals surface area contributed by atoms with Gasteiger partial charge in [0.05, 0.1) is 43.0 Å². The van der Waals surface area contributed by atoms with Crippen molar-refractivity contribution < 1.29 is 73.2 Å². The number of cyclic esters (lactones) is 1. The molecule has 384 valence electrons. The standard InChI is InChI=1S/C53H83NO14/c1-32-16-12-11-13-17-33(2)44(63-8)30-40-21-19-38(7)53(62,68-40)50(59)51(60)54-23-15-14-18-41(54)52(61)67-45(35(4)28-39-20-22-42(56)46(29-39)64-9)31-43(57)34(3)27-37(6)48(66-25-24-55)49(65-10)47(58)36(5)26-32/h11-13,16-17,27,32,34-36,38-42,44-46,48-49,55-56,62H,14-15,18-26,28-31H2,1-10H3/b13-11+,16-12+,33-17+,37-27+/t32-,34-,35-,36-,38-,39+,40+,41+,42-,44+,45+,46-,48-,49+,53-/m1/s1/i24D2,25D2. The molecule has 3 heterocycles. The highest BCUT2D eigenvalue weighted by molar-refractivity contribution is 6.39. The molecule has 68 heavy (non-hydrogen) atoms. The molecule has 4 rings (SSSR count). The lowest BCUT2D eigenvalue weighted by molar-refractivity contribution is -0.265.